The molecule has 0 saturated carbocycles. The number of carbonyl (C=O) groups is 2. The third kappa shape index (κ3) is 4.70. The number of amides is 3. The molecular weight excluding hydrogens is 539 g/mol. The second kappa shape index (κ2) is 10.1. The molecule has 3 amide bonds. The summed E-state index contributed by atoms with van der Waals surface area (Å²) in [5.74, 6) is -0.238. The Balaban J connectivity index is 1.25. The van der Waals surface area contributed by atoms with Crippen LogP contribution in [0.3, 0.4) is 0 Å². The van der Waals surface area contributed by atoms with E-state index in [9.17, 15) is 18.4 Å². The highest BCUT2D eigenvalue weighted by Gasteiger charge is 2.51. The van der Waals surface area contributed by atoms with Gasteiger partial charge in [0.1, 0.15) is 22.8 Å². The Kier molecular flexibility index (Phi) is 6.51. The largest absolute Gasteiger partial charge is 0.435 e. The SMILES string of the molecule is Cc1nc2cc(F)c(-c3cnc(N4CCC5(CC4)NC(=O)N(C)C5=O)nc3)cn2c1Cc1ccccc1OC(F)F. The number of fused-ring (bicyclic) bond motifs is 1. The topological polar surface area (TPSA) is 105 Å². The molecule has 0 atom stereocenters. The molecule has 5 heterocycles. The Labute approximate surface area is 232 Å². The van der Waals surface area contributed by atoms with Gasteiger partial charge in [0.15, 0.2) is 0 Å². The standard InChI is InChI=1S/C28H26F3N7O3/c1-16-21(11-17-5-3-4-6-22(17)41-25(30)31)38-15-19(20(29)12-23(38)34-16)18-13-32-26(33-14-18)37-9-7-28(8-10-37)24(39)36(2)27(40)35-28/h3-6,12-15,25H,7-11H2,1-2H3,(H,35,40). The molecule has 4 aromatic rings. The lowest BCUT2D eigenvalue weighted by molar-refractivity contribution is -0.131. The molecule has 6 rings (SSSR count). The first-order chi connectivity index (χ1) is 19.6. The maximum absolute atomic E-state index is 15.2. The lowest BCUT2D eigenvalue weighted by atomic mass is 9.87. The van der Waals surface area contributed by atoms with Crippen LogP contribution in [0.15, 0.2) is 48.9 Å². The number of piperidine rings is 1. The molecule has 2 fully saturated rings. The quantitative estimate of drug-likeness (QED) is 0.353. The van der Waals surface area contributed by atoms with Crippen LogP contribution in [0, 0.1) is 12.7 Å². The molecule has 2 aliphatic rings. The summed E-state index contributed by atoms with van der Waals surface area (Å²) in [5, 5.41) is 2.81. The van der Waals surface area contributed by atoms with Gasteiger partial charge in [-0.05, 0) is 25.8 Å². The second-order valence-electron chi connectivity index (χ2n) is 10.2. The van der Waals surface area contributed by atoms with E-state index in [0.717, 1.165) is 4.90 Å². The lowest BCUT2D eigenvalue weighted by Crippen LogP contribution is -2.55. The summed E-state index contributed by atoms with van der Waals surface area (Å²) in [6.45, 7) is -0.247. The van der Waals surface area contributed by atoms with Crippen LogP contribution in [-0.2, 0) is 11.2 Å². The molecular formula is C28H26F3N7O3. The molecule has 1 spiro atoms. The number of imide groups is 1. The fourth-order valence-electron chi connectivity index (χ4n) is 5.50. The summed E-state index contributed by atoms with van der Waals surface area (Å²) in [4.78, 5) is 40.9. The number of likely N-dealkylation sites (N-methyl/N-ethyl adjacent to an activating group) is 1. The number of ether oxygens (including phenoxy) is 1. The molecule has 1 aromatic carbocycles. The van der Waals surface area contributed by atoms with Crippen molar-refractivity contribution in [2.24, 2.45) is 0 Å². The van der Waals surface area contributed by atoms with Gasteiger partial charge in [0, 0.05) is 73.6 Å². The number of benzene rings is 1. The summed E-state index contributed by atoms with van der Waals surface area (Å²) in [5.41, 5.74) is 2.06. The average molecular weight is 566 g/mol. The van der Waals surface area contributed by atoms with Crippen molar-refractivity contribution in [1.29, 1.82) is 0 Å². The number of halogens is 3. The van der Waals surface area contributed by atoms with Crippen molar-refractivity contribution in [2.45, 2.75) is 38.3 Å². The molecule has 0 aliphatic carbocycles. The number of urea groups is 1. The number of pyridine rings is 1. The smallest absolute Gasteiger partial charge is 0.387 e. The Morgan fingerprint density at radius 2 is 1.83 bits per heavy atom. The zero-order valence-corrected chi connectivity index (χ0v) is 22.3. The molecule has 41 heavy (non-hydrogen) atoms. The highest BCUT2D eigenvalue weighted by atomic mass is 19.3. The predicted octanol–water partition coefficient (Wildman–Crippen LogP) is 3.95. The highest BCUT2D eigenvalue weighted by Crippen LogP contribution is 2.32. The Hall–Kier alpha value is -4.68. The Bertz CT molecular complexity index is 1650. The predicted molar refractivity (Wildman–Crippen MR) is 142 cm³/mol. The number of imidazole rings is 1. The van der Waals surface area contributed by atoms with E-state index in [-0.39, 0.29) is 23.6 Å². The summed E-state index contributed by atoms with van der Waals surface area (Å²) in [6, 6.07) is 7.45. The van der Waals surface area contributed by atoms with E-state index < -0.39 is 24.0 Å². The summed E-state index contributed by atoms with van der Waals surface area (Å²) >= 11 is 0. The zero-order valence-electron chi connectivity index (χ0n) is 22.3. The number of nitrogens with one attached hydrogen (secondary N) is 1. The molecule has 0 bridgehead atoms. The number of aryl methyl sites for hydroxylation is 1. The molecule has 10 nitrogen and oxygen atoms in total. The fraction of sp³-hybridized carbons (Fsp3) is 0.321. The van der Waals surface area contributed by atoms with Crippen molar-refractivity contribution < 1.29 is 27.5 Å². The van der Waals surface area contributed by atoms with Crippen LogP contribution < -0.4 is 15.0 Å². The van der Waals surface area contributed by atoms with Crippen LogP contribution in [0.2, 0.25) is 0 Å². The molecule has 2 aliphatic heterocycles. The number of anilines is 1. The van der Waals surface area contributed by atoms with Crippen molar-refractivity contribution >= 4 is 23.5 Å². The van der Waals surface area contributed by atoms with Gasteiger partial charge in [-0.2, -0.15) is 8.78 Å². The lowest BCUT2D eigenvalue weighted by Gasteiger charge is -2.37. The third-order valence-corrected chi connectivity index (χ3v) is 7.77. The summed E-state index contributed by atoms with van der Waals surface area (Å²) in [6.07, 6.45) is 5.75. The van der Waals surface area contributed by atoms with E-state index in [1.807, 2.05) is 4.90 Å². The average Bonchev–Trinajstić information content (AvgIpc) is 3.36. The van der Waals surface area contributed by atoms with Gasteiger partial charge in [0.2, 0.25) is 5.95 Å². The van der Waals surface area contributed by atoms with Gasteiger partial charge in [-0.15, -0.1) is 0 Å². The number of alkyl halides is 2. The van der Waals surface area contributed by atoms with Crippen LogP contribution in [0.4, 0.5) is 23.9 Å². The number of hydrogen-bond acceptors (Lipinski definition) is 7. The summed E-state index contributed by atoms with van der Waals surface area (Å²) < 4.78 is 47.5. The van der Waals surface area contributed by atoms with Crippen LogP contribution in [0.25, 0.3) is 16.8 Å². The minimum Gasteiger partial charge on any atom is -0.435 e. The zero-order chi connectivity index (χ0) is 28.9. The van der Waals surface area contributed by atoms with Crippen molar-refractivity contribution in [3.8, 4) is 16.9 Å². The number of hydrogen-bond donors (Lipinski definition) is 1. The first-order valence-corrected chi connectivity index (χ1v) is 13.0. The first-order valence-electron chi connectivity index (χ1n) is 13.0. The summed E-state index contributed by atoms with van der Waals surface area (Å²) in [7, 11) is 1.46. The molecule has 1 N–H and O–H groups in total. The van der Waals surface area contributed by atoms with Gasteiger partial charge < -0.3 is 19.4 Å². The van der Waals surface area contributed by atoms with Gasteiger partial charge in [0.05, 0.1) is 5.69 Å². The number of rotatable bonds is 6. The van der Waals surface area contributed by atoms with Gasteiger partial charge >= 0.3 is 12.6 Å². The van der Waals surface area contributed by atoms with Crippen LogP contribution in [0.5, 0.6) is 5.75 Å². The number of para-hydroxylation sites is 1. The van der Waals surface area contributed by atoms with E-state index in [2.05, 4.69) is 25.0 Å². The first kappa shape index (κ1) is 26.5. The van der Waals surface area contributed by atoms with Crippen LogP contribution in [-0.4, -0.2) is 68.5 Å². The molecule has 0 unspecified atom stereocenters. The van der Waals surface area contributed by atoms with Gasteiger partial charge in [0.25, 0.3) is 5.91 Å². The van der Waals surface area contributed by atoms with E-state index in [1.165, 1.54) is 31.6 Å². The molecule has 212 valence electrons. The van der Waals surface area contributed by atoms with Crippen LogP contribution >= 0.6 is 0 Å². The minimum atomic E-state index is -2.96. The Morgan fingerprint density at radius 1 is 1.12 bits per heavy atom. The van der Waals surface area contributed by atoms with Crippen molar-refractivity contribution in [3.05, 3.63) is 71.7 Å². The van der Waals surface area contributed by atoms with E-state index in [1.54, 1.807) is 35.7 Å². The van der Waals surface area contributed by atoms with E-state index in [4.69, 9.17) is 0 Å². The molecule has 2 saturated heterocycles. The van der Waals surface area contributed by atoms with Crippen molar-refractivity contribution in [3.63, 3.8) is 0 Å². The maximum atomic E-state index is 15.2. The van der Waals surface area contributed by atoms with Crippen molar-refractivity contribution in [2.75, 3.05) is 25.0 Å². The van der Waals surface area contributed by atoms with Crippen molar-refractivity contribution in [1.82, 2.24) is 29.6 Å². The number of carbonyl (C=O) groups excluding carboxylic acids is 2. The van der Waals surface area contributed by atoms with E-state index in [0.29, 0.717) is 60.0 Å². The highest BCUT2D eigenvalue weighted by molar-refractivity contribution is 6.06. The number of nitrogens with zero attached hydrogens (tertiary/aromatic N) is 6. The monoisotopic (exact) mass is 565 g/mol. The van der Waals surface area contributed by atoms with Gasteiger partial charge in [-0.1, -0.05) is 18.2 Å². The molecule has 0 radical (unpaired) electrons. The third-order valence-electron chi connectivity index (χ3n) is 7.77. The van der Waals surface area contributed by atoms with Gasteiger partial charge in [-0.25, -0.2) is 24.1 Å². The molecule has 3 aromatic heterocycles. The van der Waals surface area contributed by atoms with Crippen LogP contribution in [0.1, 0.15) is 29.8 Å². The van der Waals surface area contributed by atoms with Gasteiger partial charge in [-0.3, -0.25) is 9.69 Å². The second-order valence-corrected chi connectivity index (χ2v) is 10.2. The Morgan fingerprint density at radius 3 is 2.49 bits per heavy atom. The minimum absolute atomic E-state index is 0.0681. The molecule has 13 heteroatoms. The van der Waals surface area contributed by atoms with E-state index >= 15 is 4.39 Å². The number of aromatic nitrogens is 4. The fourth-order valence-corrected chi connectivity index (χ4v) is 5.50. The maximum Gasteiger partial charge on any atom is 0.387 e. The normalized spacial score (nSPS) is 16.7.